The summed E-state index contributed by atoms with van der Waals surface area (Å²) in [6, 6.07) is 6.16. The molecule has 2 heterocycles. The number of thiazole rings is 1. The summed E-state index contributed by atoms with van der Waals surface area (Å²) in [5.74, 6) is -0.976. The number of carboxylic acids is 1. The predicted octanol–water partition coefficient (Wildman–Crippen LogP) is 3.82. The Morgan fingerprint density at radius 3 is 2.91 bits per heavy atom. The number of carbonyl (C=O) groups is 1. The molecule has 0 saturated carbocycles. The van der Waals surface area contributed by atoms with E-state index in [0.717, 1.165) is 26.3 Å². The third kappa shape index (κ3) is 3.26. The van der Waals surface area contributed by atoms with E-state index in [9.17, 15) is 4.79 Å². The van der Waals surface area contributed by atoms with Gasteiger partial charge in [0.15, 0.2) is 0 Å². The number of aromatic nitrogens is 3. The first-order chi connectivity index (χ1) is 10.5. The van der Waals surface area contributed by atoms with Crippen molar-refractivity contribution in [3.63, 3.8) is 0 Å². The van der Waals surface area contributed by atoms with Crippen molar-refractivity contribution in [1.29, 1.82) is 0 Å². The summed E-state index contributed by atoms with van der Waals surface area (Å²) in [6.45, 7) is 2.50. The first-order valence-corrected chi connectivity index (χ1v) is 8.16. The molecule has 0 saturated heterocycles. The van der Waals surface area contributed by atoms with E-state index >= 15 is 0 Å². The van der Waals surface area contributed by atoms with E-state index in [0.29, 0.717) is 6.54 Å². The van der Waals surface area contributed by atoms with Crippen LogP contribution in [0.2, 0.25) is 0 Å². The number of aryl methyl sites for hydroxylation is 1. The smallest absolute Gasteiger partial charge is 0.338 e. The van der Waals surface area contributed by atoms with E-state index < -0.39 is 5.97 Å². The Bertz CT molecular complexity index is 821. The van der Waals surface area contributed by atoms with E-state index in [1.165, 1.54) is 23.7 Å². The Hall–Kier alpha value is -1.99. The largest absolute Gasteiger partial charge is 0.478 e. The highest BCUT2D eigenvalue weighted by Gasteiger charge is 2.09. The van der Waals surface area contributed by atoms with E-state index in [-0.39, 0.29) is 5.56 Å². The highest BCUT2D eigenvalue weighted by molar-refractivity contribution is 9.10. The fraction of sp³-hybridized carbons (Fsp3) is 0.133. The molecule has 22 heavy (non-hydrogen) atoms. The van der Waals surface area contributed by atoms with Crippen LogP contribution in [-0.4, -0.2) is 25.8 Å². The molecule has 3 aromatic rings. The number of aromatic carboxylic acids is 1. The third-order valence-corrected chi connectivity index (χ3v) is 4.36. The van der Waals surface area contributed by atoms with Gasteiger partial charge in [-0.3, -0.25) is 4.68 Å². The van der Waals surface area contributed by atoms with E-state index in [1.54, 1.807) is 4.68 Å². The third-order valence-electron chi connectivity index (χ3n) is 3.07. The van der Waals surface area contributed by atoms with Gasteiger partial charge in [-0.25, -0.2) is 9.78 Å². The zero-order chi connectivity index (χ0) is 15.7. The molecule has 0 aliphatic heterocycles. The average Bonchev–Trinajstić information content (AvgIpc) is 3.07. The van der Waals surface area contributed by atoms with Gasteiger partial charge >= 0.3 is 5.97 Å². The molecular weight excluding hydrogens is 366 g/mol. The number of hydrogen-bond donors (Lipinski definition) is 1. The Kier molecular flexibility index (Phi) is 4.08. The first kappa shape index (κ1) is 14.9. The highest BCUT2D eigenvalue weighted by atomic mass is 79.9. The van der Waals surface area contributed by atoms with Crippen molar-refractivity contribution in [2.45, 2.75) is 13.5 Å². The molecule has 0 fully saturated rings. The minimum atomic E-state index is -0.976. The quantitative estimate of drug-likeness (QED) is 0.750. The summed E-state index contributed by atoms with van der Waals surface area (Å²) >= 11 is 5.03. The lowest BCUT2D eigenvalue weighted by Crippen LogP contribution is -2.00. The lowest BCUT2D eigenvalue weighted by molar-refractivity contribution is 0.0697. The van der Waals surface area contributed by atoms with Gasteiger partial charge in [-0.05, 0) is 30.7 Å². The summed E-state index contributed by atoms with van der Waals surface area (Å²) in [4.78, 5) is 15.5. The zero-order valence-electron chi connectivity index (χ0n) is 11.7. The number of hydrogen-bond acceptors (Lipinski definition) is 4. The first-order valence-electron chi connectivity index (χ1n) is 6.49. The van der Waals surface area contributed by atoms with Gasteiger partial charge < -0.3 is 5.11 Å². The molecule has 0 radical (unpaired) electrons. The normalized spacial score (nSPS) is 10.8. The molecule has 1 N–H and O–H groups in total. The minimum absolute atomic E-state index is 0.180. The Morgan fingerprint density at radius 2 is 2.23 bits per heavy atom. The van der Waals surface area contributed by atoms with E-state index in [4.69, 9.17) is 5.11 Å². The summed E-state index contributed by atoms with van der Waals surface area (Å²) in [5, 5.41) is 15.8. The maximum absolute atomic E-state index is 10.8. The fourth-order valence-electron chi connectivity index (χ4n) is 2.10. The number of carboxylic acid groups (broad SMARTS) is 1. The predicted molar refractivity (Wildman–Crippen MR) is 88.3 cm³/mol. The standard InChI is InChI=1S/C15H12BrN3O2S/c1-9-2-10(4-12(16)3-9)13-8-22-14(18-13)7-19-6-11(5-17-19)15(20)21/h2-6,8H,7H2,1H3,(H,20,21). The molecule has 0 bridgehead atoms. The molecule has 1 aromatic carbocycles. The molecule has 3 rings (SSSR count). The highest BCUT2D eigenvalue weighted by Crippen LogP contribution is 2.26. The van der Waals surface area contributed by atoms with Crippen LogP contribution in [0.5, 0.6) is 0 Å². The molecule has 0 unspecified atom stereocenters. The van der Waals surface area contributed by atoms with E-state index in [1.807, 2.05) is 24.4 Å². The molecule has 0 spiro atoms. The number of rotatable bonds is 4. The number of nitrogens with zero attached hydrogens (tertiary/aromatic N) is 3. The number of halogens is 1. The van der Waals surface area contributed by atoms with Crippen LogP contribution < -0.4 is 0 Å². The molecule has 5 nitrogen and oxygen atoms in total. The maximum Gasteiger partial charge on any atom is 0.338 e. The molecule has 112 valence electrons. The Balaban J connectivity index is 1.82. The number of benzene rings is 1. The van der Waals surface area contributed by atoms with Gasteiger partial charge in [-0.1, -0.05) is 15.9 Å². The van der Waals surface area contributed by atoms with Gasteiger partial charge in [0.05, 0.1) is 24.0 Å². The van der Waals surface area contributed by atoms with Crippen molar-refractivity contribution in [2.24, 2.45) is 0 Å². The fourth-order valence-corrected chi connectivity index (χ4v) is 3.50. The molecule has 0 aliphatic rings. The van der Waals surface area contributed by atoms with Crippen LogP contribution in [0, 0.1) is 6.92 Å². The van der Waals surface area contributed by atoms with Crippen molar-refractivity contribution < 1.29 is 9.90 Å². The van der Waals surface area contributed by atoms with Crippen LogP contribution in [0.4, 0.5) is 0 Å². The van der Waals surface area contributed by atoms with Crippen LogP contribution in [-0.2, 0) is 6.54 Å². The van der Waals surface area contributed by atoms with Gasteiger partial charge in [0, 0.05) is 21.6 Å². The molecule has 2 aromatic heterocycles. The maximum atomic E-state index is 10.8. The van der Waals surface area contributed by atoms with Gasteiger partial charge in [0.2, 0.25) is 0 Å². The second kappa shape index (κ2) is 6.02. The summed E-state index contributed by atoms with van der Waals surface area (Å²) in [7, 11) is 0. The molecule has 0 aliphatic carbocycles. The van der Waals surface area contributed by atoms with Crippen LogP contribution in [0.25, 0.3) is 11.3 Å². The molecule has 0 amide bonds. The van der Waals surface area contributed by atoms with Crippen molar-refractivity contribution in [1.82, 2.24) is 14.8 Å². The monoisotopic (exact) mass is 377 g/mol. The Morgan fingerprint density at radius 1 is 1.41 bits per heavy atom. The molecule has 7 heteroatoms. The van der Waals surface area contributed by atoms with Gasteiger partial charge in [-0.15, -0.1) is 11.3 Å². The van der Waals surface area contributed by atoms with Crippen LogP contribution >= 0.6 is 27.3 Å². The lowest BCUT2D eigenvalue weighted by Gasteiger charge is -2.01. The van der Waals surface area contributed by atoms with Crippen molar-refractivity contribution >= 4 is 33.2 Å². The van der Waals surface area contributed by atoms with Gasteiger partial charge in [-0.2, -0.15) is 5.10 Å². The molecular formula is C15H12BrN3O2S. The summed E-state index contributed by atoms with van der Waals surface area (Å²) in [5.41, 5.74) is 3.31. The Labute approximate surface area is 139 Å². The lowest BCUT2D eigenvalue weighted by atomic mass is 10.1. The SMILES string of the molecule is Cc1cc(Br)cc(-c2csc(Cn3cc(C(=O)O)cn3)n2)c1. The summed E-state index contributed by atoms with van der Waals surface area (Å²) in [6.07, 6.45) is 2.85. The van der Waals surface area contributed by atoms with Crippen LogP contribution in [0.3, 0.4) is 0 Å². The van der Waals surface area contributed by atoms with Crippen molar-refractivity contribution in [3.05, 3.63) is 56.6 Å². The van der Waals surface area contributed by atoms with E-state index in [2.05, 4.69) is 32.1 Å². The van der Waals surface area contributed by atoms with Crippen LogP contribution in [0.1, 0.15) is 20.9 Å². The average molecular weight is 378 g/mol. The second-order valence-corrected chi connectivity index (χ2v) is 6.73. The minimum Gasteiger partial charge on any atom is -0.478 e. The van der Waals surface area contributed by atoms with Gasteiger partial charge in [0.1, 0.15) is 5.01 Å². The summed E-state index contributed by atoms with van der Waals surface area (Å²) < 4.78 is 2.60. The van der Waals surface area contributed by atoms with Gasteiger partial charge in [0.25, 0.3) is 0 Å². The second-order valence-electron chi connectivity index (χ2n) is 4.88. The molecule has 0 atom stereocenters. The topological polar surface area (TPSA) is 68.0 Å². The van der Waals surface area contributed by atoms with Crippen molar-refractivity contribution in [2.75, 3.05) is 0 Å². The van der Waals surface area contributed by atoms with Crippen LogP contribution in [0.15, 0.2) is 40.4 Å². The zero-order valence-corrected chi connectivity index (χ0v) is 14.1. The van der Waals surface area contributed by atoms with Crippen molar-refractivity contribution in [3.8, 4) is 11.3 Å².